The summed E-state index contributed by atoms with van der Waals surface area (Å²) >= 11 is 0. The van der Waals surface area contributed by atoms with Gasteiger partial charge in [0.2, 0.25) is 0 Å². The maximum atomic E-state index is 5.26. The SMILES string of the molecule is C/C=C/CO/N=C(\C)CN. The van der Waals surface area contributed by atoms with Gasteiger partial charge in [0.25, 0.3) is 0 Å². The van der Waals surface area contributed by atoms with Crippen molar-refractivity contribution in [2.45, 2.75) is 13.8 Å². The summed E-state index contributed by atoms with van der Waals surface area (Å²) in [6.07, 6.45) is 3.79. The highest BCUT2D eigenvalue weighted by molar-refractivity contribution is 5.83. The van der Waals surface area contributed by atoms with Gasteiger partial charge in [0, 0.05) is 6.54 Å². The molecule has 0 aromatic carbocycles. The van der Waals surface area contributed by atoms with Crippen LogP contribution in [0.15, 0.2) is 17.3 Å². The van der Waals surface area contributed by atoms with E-state index in [2.05, 4.69) is 5.16 Å². The zero-order valence-corrected chi connectivity index (χ0v) is 6.50. The van der Waals surface area contributed by atoms with Crippen molar-refractivity contribution in [2.75, 3.05) is 13.2 Å². The summed E-state index contributed by atoms with van der Waals surface area (Å²) in [4.78, 5) is 4.85. The monoisotopic (exact) mass is 142 g/mol. The van der Waals surface area contributed by atoms with E-state index >= 15 is 0 Å². The molecular weight excluding hydrogens is 128 g/mol. The maximum Gasteiger partial charge on any atom is 0.135 e. The number of hydrogen-bond donors (Lipinski definition) is 1. The van der Waals surface area contributed by atoms with Crippen molar-refractivity contribution in [3.63, 3.8) is 0 Å². The van der Waals surface area contributed by atoms with Gasteiger partial charge in [-0.25, -0.2) is 0 Å². The highest BCUT2D eigenvalue weighted by Gasteiger charge is 1.83. The average Bonchev–Trinajstić information content (AvgIpc) is 1.98. The lowest BCUT2D eigenvalue weighted by Gasteiger charge is -1.94. The molecule has 0 saturated carbocycles. The minimum absolute atomic E-state index is 0.454. The van der Waals surface area contributed by atoms with Gasteiger partial charge in [0.05, 0.1) is 5.71 Å². The largest absolute Gasteiger partial charge is 0.392 e. The Labute approximate surface area is 61.5 Å². The van der Waals surface area contributed by atoms with Gasteiger partial charge in [-0.15, -0.1) is 0 Å². The molecule has 0 aromatic rings. The maximum absolute atomic E-state index is 5.26. The van der Waals surface area contributed by atoms with E-state index in [4.69, 9.17) is 10.6 Å². The van der Waals surface area contributed by atoms with Crippen molar-refractivity contribution >= 4 is 5.71 Å². The number of allylic oxidation sites excluding steroid dienone is 1. The van der Waals surface area contributed by atoms with Gasteiger partial charge >= 0.3 is 0 Å². The number of rotatable bonds is 4. The number of oxime groups is 1. The molecule has 0 aliphatic rings. The minimum Gasteiger partial charge on any atom is -0.392 e. The van der Waals surface area contributed by atoms with E-state index in [1.54, 1.807) is 0 Å². The van der Waals surface area contributed by atoms with Crippen molar-refractivity contribution in [3.8, 4) is 0 Å². The second kappa shape index (κ2) is 6.29. The van der Waals surface area contributed by atoms with Gasteiger partial charge in [0.1, 0.15) is 6.61 Å². The second-order valence-electron chi connectivity index (χ2n) is 1.90. The molecule has 10 heavy (non-hydrogen) atoms. The van der Waals surface area contributed by atoms with E-state index in [-0.39, 0.29) is 0 Å². The molecule has 3 nitrogen and oxygen atoms in total. The Morgan fingerprint density at radius 3 is 2.90 bits per heavy atom. The predicted molar refractivity (Wildman–Crippen MR) is 42.9 cm³/mol. The third-order valence-corrected chi connectivity index (χ3v) is 0.922. The molecule has 0 saturated heterocycles. The van der Waals surface area contributed by atoms with Crippen LogP contribution in [0.5, 0.6) is 0 Å². The molecule has 0 unspecified atom stereocenters. The number of nitrogens with zero attached hydrogens (tertiary/aromatic N) is 1. The summed E-state index contributed by atoms with van der Waals surface area (Å²) in [6.45, 7) is 4.74. The molecule has 0 bridgehead atoms. The summed E-state index contributed by atoms with van der Waals surface area (Å²) in [7, 11) is 0. The Morgan fingerprint density at radius 1 is 1.70 bits per heavy atom. The topological polar surface area (TPSA) is 47.6 Å². The second-order valence-corrected chi connectivity index (χ2v) is 1.90. The Balaban J connectivity index is 3.33. The molecular formula is C7H14N2O. The molecule has 0 radical (unpaired) electrons. The van der Waals surface area contributed by atoms with Crippen LogP contribution < -0.4 is 5.73 Å². The zero-order chi connectivity index (χ0) is 7.82. The summed E-state index contributed by atoms with van der Waals surface area (Å²) < 4.78 is 0. The Bertz CT molecular complexity index is 130. The fraction of sp³-hybridized carbons (Fsp3) is 0.571. The van der Waals surface area contributed by atoms with Gasteiger partial charge < -0.3 is 10.6 Å². The quantitative estimate of drug-likeness (QED) is 0.274. The van der Waals surface area contributed by atoms with Crippen LogP contribution in [0.1, 0.15) is 13.8 Å². The first-order valence-corrected chi connectivity index (χ1v) is 3.28. The summed E-state index contributed by atoms with van der Waals surface area (Å²) in [5, 5.41) is 3.72. The summed E-state index contributed by atoms with van der Waals surface area (Å²) in [5.74, 6) is 0. The van der Waals surface area contributed by atoms with Crippen LogP contribution in [0, 0.1) is 0 Å². The molecule has 0 aliphatic heterocycles. The molecule has 58 valence electrons. The zero-order valence-electron chi connectivity index (χ0n) is 6.50. The molecule has 0 aromatic heterocycles. The van der Waals surface area contributed by atoms with Crippen LogP contribution in [-0.2, 0) is 4.84 Å². The van der Waals surface area contributed by atoms with Crippen molar-refractivity contribution in [2.24, 2.45) is 10.9 Å². The Morgan fingerprint density at radius 2 is 2.40 bits per heavy atom. The molecule has 0 rings (SSSR count). The number of hydrogen-bond acceptors (Lipinski definition) is 3. The fourth-order valence-electron chi connectivity index (χ4n) is 0.324. The van der Waals surface area contributed by atoms with Gasteiger partial charge in [-0.3, -0.25) is 0 Å². The first kappa shape index (κ1) is 9.17. The van der Waals surface area contributed by atoms with Crippen LogP contribution >= 0.6 is 0 Å². The first-order valence-electron chi connectivity index (χ1n) is 3.28. The average molecular weight is 142 g/mol. The lowest BCUT2D eigenvalue weighted by Crippen LogP contribution is -2.09. The van der Waals surface area contributed by atoms with E-state index in [0.717, 1.165) is 5.71 Å². The fourth-order valence-corrected chi connectivity index (χ4v) is 0.324. The van der Waals surface area contributed by atoms with E-state index in [9.17, 15) is 0 Å². The lowest BCUT2D eigenvalue weighted by atomic mass is 10.4. The molecule has 0 spiro atoms. The van der Waals surface area contributed by atoms with Crippen LogP contribution in [0.25, 0.3) is 0 Å². The van der Waals surface area contributed by atoms with Gasteiger partial charge in [-0.2, -0.15) is 0 Å². The first-order chi connectivity index (χ1) is 4.81. The molecule has 3 heteroatoms. The predicted octanol–water partition coefficient (Wildman–Crippen LogP) is 0.914. The van der Waals surface area contributed by atoms with Crippen molar-refractivity contribution in [1.82, 2.24) is 0 Å². The molecule has 0 atom stereocenters. The summed E-state index contributed by atoms with van der Waals surface area (Å²) in [6, 6.07) is 0. The Hall–Kier alpha value is -0.830. The molecule has 0 amide bonds. The third kappa shape index (κ3) is 5.31. The van der Waals surface area contributed by atoms with Crippen LogP contribution in [0.2, 0.25) is 0 Å². The Kier molecular flexibility index (Phi) is 5.77. The third-order valence-electron chi connectivity index (χ3n) is 0.922. The smallest absolute Gasteiger partial charge is 0.135 e. The standard InChI is InChI=1S/C7H14N2O/c1-3-4-5-10-9-7(2)6-8/h3-4H,5-6,8H2,1-2H3/b4-3+,9-7+. The lowest BCUT2D eigenvalue weighted by molar-refractivity contribution is 0.174. The molecule has 0 fully saturated rings. The van der Waals surface area contributed by atoms with E-state index in [0.29, 0.717) is 13.2 Å². The van der Waals surface area contributed by atoms with Crippen molar-refractivity contribution in [1.29, 1.82) is 0 Å². The van der Waals surface area contributed by atoms with E-state index in [1.807, 2.05) is 26.0 Å². The van der Waals surface area contributed by atoms with Crippen LogP contribution in [-0.4, -0.2) is 18.9 Å². The van der Waals surface area contributed by atoms with Gasteiger partial charge in [-0.05, 0) is 19.9 Å². The van der Waals surface area contributed by atoms with Gasteiger partial charge in [-0.1, -0.05) is 11.2 Å². The van der Waals surface area contributed by atoms with Crippen LogP contribution in [0.4, 0.5) is 0 Å². The van der Waals surface area contributed by atoms with E-state index in [1.165, 1.54) is 0 Å². The minimum atomic E-state index is 0.454. The van der Waals surface area contributed by atoms with Crippen LogP contribution in [0.3, 0.4) is 0 Å². The molecule has 2 N–H and O–H groups in total. The van der Waals surface area contributed by atoms with E-state index < -0.39 is 0 Å². The van der Waals surface area contributed by atoms with Crippen molar-refractivity contribution in [3.05, 3.63) is 12.2 Å². The molecule has 0 aliphatic carbocycles. The highest BCUT2D eigenvalue weighted by atomic mass is 16.6. The highest BCUT2D eigenvalue weighted by Crippen LogP contribution is 1.80. The van der Waals surface area contributed by atoms with Crippen molar-refractivity contribution < 1.29 is 4.84 Å². The number of nitrogens with two attached hydrogens (primary N) is 1. The molecule has 0 heterocycles. The normalized spacial score (nSPS) is 12.5. The summed E-state index contributed by atoms with van der Waals surface area (Å²) in [5.41, 5.74) is 6.07. The van der Waals surface area contributed by atoms with Gasteiger partial charge in [0.15, 0.2) is 0 Å².